The first kappa shape index (κ1) is 81.2. The maximum atomic E-state index is 13.4. The molecule has 0 bridgehead atoms. The normalized spacial score (nSPS) is 13.2. The van der Waals surface area contributed by atoms with E-state index in [1.807, 2.05) is 41.5 Å². The lowest BCUT2D eigenvalue weighted by atomic mass is 9.93. The smallest absolute Gasteiger partial charge is 0.246 e. The largest absolute Gasteiger partial charge is 0.411 e. The lowest BCUT2D eigenvalue weighted by Crippen LogP contribution is -2.57. The van der Waals surface area contributed by atoms with Crippen molar-refractivity contribution in [3.8, 4) is 0 Å². The number of nitrogens with two attached hydrogens (primary N) is 2. The Balaban J connectivity index is 0. The van der Waals surface area contributed by atoms with Crippen LogP contribution in [0.1, 0.15) is 172 Å². The maximum absolute atomic E-state index is 13.4. The number of carbonyl (C=O) groups is 9. The number of Topliss-reactive ketones (excluding diaryl/α,β-unsaturated/α-hetero) is 1. The summed E-state index contributed by atoms with van der Waals surface area (Å²) in [6.07, 6.45) is 6.59. The van der Waals surface area contributed by atoms with E-state index >= 15 is 0 Å². The van der Waals surface area contributed by atoms with Crippen LogP contribution in [-0.2, 0) is 62.1 Å². The lowest BCUT2D eigenvalue weighted by molar-refractivity contribution is -0.130. The van der Waals surface area contributed by atoms with Crippen LogP contribution in [0.2, 0.25) is 0 Å². The molecule has 0 aromatic heterocycles. The van der Waals surface area contributed by atoms with Gasteiger partial charge in [0.25, 0.3) is 0 Å². The third kappa shape index (κ3) is 45.2. The van der Waals surface area contributed by atoms with Crippen molar-refractivity contribution in [1.29, 1.82) is 0 Å². The van der Waals surface area contributed by atoms with Gasteiger partial charge in [-0.2, -0.15) is 0 Å². The first-order valence-corrected chi connectivity index (χ1v) is 30.3. The van der Waals surface area contributed by atoms with Gasteiger partial charge in [-0.15, -0.1) is 0 Å². The Bertz CT molecular complexity index is 1960. The van der Waals surface area contributed by atoms with Gasteiger partial charge >= 0.3 is 0 Å². The number of hydrogen-bond donors (Lipinski definition) is 12. The summed E-state index contributed by atoms with van der Waals surface area (Å²) in [6, 6.07) is -0.434. The molecular formula is C58H110N12O15. The van der Waals surface area contributed by atoms with Gasteiger partial charge in [0.2, 0.25) is 47.3 Å². The van der Waals surface area contributed by atoms with E-state index in [9.17, 15) is 53.6 Å². The highest BCUT2D eigenvalue weighted by molar-refractivity contribution is 5.91. The zero-order chi connectivity index (χ0) is 64.5. The molecule has 3 atom stereocenters. The molecule has 492 valence electrons. The first-order valence-electron chi connectivity index (χ1n) is 30.3. The van der Waals surface area contributed by atoms with Gasteiger partial charge in [-0.25, -0.2) is 0 Å². The summed E-state index contributed by atoms with van der Waals surface area (Å²) in [6.45, 7) is 21.6. The van der Waals surface area contributed by atoms with Crippen LogP contribution in [0.4, 0.5) is 0 Å². The van der Waals surface area contributed by atoms with E-state index in [1.54, 1.807) is 27.7 Å². The molecule has 0 aliphatic rings. The van der Waals surface area contributed by atoms with Crippen LogP contribution in [0.25, 0.3) is 0 Å². The number of carbonyl (C=O) groups excluding carboxylic acids is 9. The number of amides is 8. The topological polar surface area (TPSA) is 404 Å². The second-order valence-electron chi connectivity index (χ2n) is 21.9. The van der Waals surface area contributed by atoms with Gasteiger partial charge in [-0.3, -0.25) is 43.2 Å². The third-order valence-corrected chi connectivity index (χ3v) is 13.9. The van der Waals surface area contributed by atoms with Gasteiger partial charge < -0.3 is 83.4 Å². The van der Waals surface area contributed by atoms with Crippen molar-refractivity contribution in [3.05, 3.63) is 0 Å². The van der Waals surface area contributed by atoms with Crippen LogP contribution in [0.15, 0.2) is 10.3 Å². The molecule has 0 fully saturated rings. The van der Waals surface area contributed by atoms with Gasteiger partial charge in [0.15, 0.2) is 0 Å². The standard InChI is InChI=1S/C56H104N12O15.C2H6/c1-40(52(57)75)17-9-12-25-60-50(73)38-82-33-32-81-30-28-62-51(74)39-83-34-31-80-29-27-61-48(71)22-16-21-47(70)59-24-14-11-19-44(54(77)63-26-13-10-18-41(2)53(58)76)35-46(69)20-15-23-49(72)66-45(36-64-55(5,6)42(3)67-78)37-65-56(7,8)43(4)68-79;1-2/h40-41,44-45,64-65,78-79H,9-39H2,1-8H3,(H2,57,75)(H2,58,76)(H,59,70)(H,60,73)(H,61,71)(H,62,74)(H,63,77)(H,66,72);1-2H3/b67-42+,68-43+;/t40-,41-,44+;/m0./s1. The molecule has 0 heterocycles. The van der Waals surface area contributed by atoms with Gasteiger partial charge in [0, 0.05) is 95.7 Å². The van der Waals surface area contributed by atoms with Gasteiger partial charge in [0.05, 0.1) is 68.2 Å². The van der Waals surface area contributed by atoms with E-state index in [4.69, 9.17) is 30.4 Å². The monoisotopic (exact) mass is 1210 g/mol. The number of nitrogens with zero attached hydrogens (tertiary/aromatic N) is 2. The number of ketones is 1. The summed E-state index contributed by atoms with van der Waals surface area (Å²) in [5.74, 6) is -3.52. The predicted molar refractivity (Wildman–Crippen MR) is 325 cm³/mol. The Morgan fingerprint density at radius 1 is 0.471 bits per heavy atom. The fraction of sp³-hybridized carbons (Fsp3) is 0.810. The number of unbranched alkanes of at least 4 members (excludes halogenated alkanes) is 3. The number of nitrogens with one attached hydrogen (secondary N) is 8. The van der Waals surface area contributed by atoms with Crippen LogP contribution in [-0.4, -0.2) is 191 Å². The van der Waals surface area contributed by atoms with Crippen LogP contribution in [0.5, 0.6) is 0 Å². The molecule has 0 aromatic rings. The summed E-state index contributed by atoms with van der Waals surface area (Å²) in [4.78, 5) is 111. The Morgan fingerprint density at radius 2 is 0.847 bits per heavy atom. The van der Waals surface area contributed by atoms with Crippen molar-refractivity contribution < 1.29 is 72.5 Å². The first-order chi connectivity index (χ1) is 40.3. The maximum Gasteiger partial charge on any atom is 0.246 e. The van der Waals surface area contributed by atoms with E-state index < -0.39 is 23.0 Å². The third-order valence-electron chi connectivity index (χ3n) is 13.9. The molecule has 85 heavy (non-hydrogen) atoms. The summed E-state index contributed by atoms with van der Waals surface area (Å²) < 4.78 is 21.4. The minimum Gasteiger partial charge on any atom is -0.411 e. The predicted octanol–water partition coefficient (Wildman–Crippen LogP) is 2.25. The molecule has 27 nitrogen and oxygen atoms in total. The minimum absolute atomic E-state index is 0.0192. The van der Waals surface area contributed by atoms with E-state index in [2.05, 4.69) is 52.8 Å². The van der Waals surface area contributed by atoms with Crippen molar-refractivity contribution >= 4 is 64.5 Å². The second kappa shape index (κ2) is 50.3. The van der Waals surface area contributed by atoms with E-state index in [1.165, 1.54) is 0 Å². The Kier molecular flexibility index (Phi) is 48.0. The molecule has 0 aliphatic heterocycles. The number of rotatable bonds is 53. The number of ether oxygens (including phenoxy) is 4. The van der Waals surface area contributed by atoms with Gasteiger partial charge in [-0.05, 0) is 92.9 Å². The summed E-state index contributed by atoms with van der Waals surface area (Å²) >= 11 is 0. The highest BCUT2D eigenvalue weighted by Gasteiger charge is 2.28. The molecular weight excluding hydrogens is 1100 g/mol. The van der Waals surface area contributed by atoms with Crippen LogP contribution >= 0.6 is 0 Å². The van der Waals surface area contributed by atoms with Crippen molar-refractivity contribution in [2.75, 3.05) is 98.7 Å². The molecule has 0 rings (SSSR count). The van der Waals surface area contributed by atoms with Crippen molar-refractivity contribution in [1.82, 2.24) is 42.5 Å². The Hall–Kier alpha value is -5.87. The summed E-state index contributed by atoms with van der Waals surface area (Å²) in [5, 5.41) is 48.8. The highest BCUT2D eigenvalue weighted by Crippen LogP contribution is 2.17. The molecule has 8 amide bonds. The van der Waals surface area contributed by atoms with Crippen molar-refractivity contribution in [2.45, 2.75) is 189 Å². The second-order valence-corrected chi connectivity index (χ2v) is 21.9. The average Bonchev–Trinajstić information content (AvgIpc) is 3.63. The molecule has 27 heteroatoms. The SMILES string of the molecule is C/C(=N\O)C(C)(C)NCC(CNC(C)(C)/C(C)=N/O)NC(=O)CCCC(=O)C[C@@H](CCCCNC(=O)CCCC(=O)NCCOCCOCC(=O)NCCOCCOCC(=O)NCCCC[C@H](C)C(N)=O)C(=O)NCCCC[C@H](C)C(N)=O.CC. The van der Waals surface area contributed by atoms with E-state index in [-0.39, 0.29) is 169 Å². The average molecular weight is 1220 g/mol. The van der Waals surface area contributed by atoms with Crippen LogP contribution in [0, 0.1) is 17.8 Å². The molecule has 0 unspecified atom stereocenters. The van der Waals surface area contributed by atoms with E-state index in [0.717, 1.165) is 12.8 Å². The number of hydrogen-bond acceptors (Lipinski definition) is 19. The zero-order valence-electron chi connectivity index (χ0n) is 53.0. The number of primary amides is 2. The van der Waals surface area contributed by atoms with Gasteiger partial charge in [0.1, 0.15) is 19.0 Å². The lowest BCUT2D eigenvalue weighted by Gasteiger charge is -2.32. The van der Waals surface area contributed by atoms with Gasteiger partial charge in [-0.1, -0.05) is 57.3 Å². The zero-order valence-corrected chi connectivity index (χ0v) is 53.0. The molecule has 0 spiro atoms. The Morgan fingerprint density at radius 3 is 1.29 bits per heavy atom. The minimum atomic E-state index is -0.683. The molecule has 0 radical (unpaired) electrons. The molecule has 0 aromatic carbocycles. The molecule has 0 aliphatic carbocycles. The molecule has 0 saturated heterocycles. The fourth-order valence-corrected chi connectivity index (χ4v) is 7.63. The molecule has 14 N–H and O–H groups in total. The quantitative estimate of drug-likeness (QED) is 0.0180. The highest BCUT2D eigenvalue weighted by atomic mass is 16.5. The van der Waals surface area contributed by atoms with Crippen LogP contribution in [0.3, 0.4) is 0 Å². The van der Waals surface area contributed by atoms with Crippen molar-refractivity contribution in [3.63, 3.8) is 0 Å². The summed E-state index contributed by atoms with van der Waals surface area (Å²) in [7, 11) is 0. The molecule has 0 saturated carbocycles. The van der Waals surface area contributed by atoms with E-state index in [0.29, 0.717) is 95.5 Å². The van der Waals surface area contributed by atoms with Crippen LogP contribution < -0.4 is 54.0 Å². The summed E-state index contributed by atoms with van der Waals surface area (Å²) in [5.41, 5.74) is 10.1. The number of oxime groups is 2. The van der Waals surface area contributed by atoms with Crippen molar-refractivity contribution in [2.24, 2.45) is 39.5 Å². The Labute approximate surface area is 505 Å². The fourth-order valence-electron chi connectivity index (χ4n) is 7.63.